The maximum absolute atomic E-state index is 5.10. The maximum atomic E-state index is 5.10. The van der Waals surface area contributed by atoms with Crippen molar-refractivity contribution in [2.75, 3.05) is 0 Å². The van der Waals surface area contributed by atoms with Gasteiger partial charge in [-0.25, -0.2) is 4.99 Å². The largest absolute Gasteiger partial charge is 0.387 e. The first-order chi connectivity index (χ1) is 3.13. The third kappa shape index (κ3) is 5.01. The third-order valence-electron chi connectivity index (χ3n) is 0.320. The van der Waals surface area contributed by atoms with Crippen molar-refractivity contribution in [2.24, 2.45) is 16.5 Å². The Balaban J connectivity index is 3.68. The molecule has 0 aliphatic rings. The van der Waals surface area contributed by atoms with Gasteiger partial charge >= 0.3 is 0 Å². The Bertz CT molecular complexity index is 99.5. The van der Waals surface area contributed by atoms with Gasteiger partial charge in [-0.15, -0.1) is 0 Å². The number of aliphatic imine (C=N–C) groups is 1. The zero-order valence-corrected chi connectivity index (χ0v) is 4.31. The van der Waals surface area contributed by atoms with Crippen LogP contribution >= 0.6 is 0 Å². The molecule has 0 fully saturated rings. The summed E-state index contributed by atoms with van der Waals surface area (Å²) in [5.41, 5.74) is 10.1. The van der Waals surface area contributed by atoms with Gasteiger partial charge < -0.3 is 11.5 Å². The molecule has 40 valence electrons. The van der Waals surface area contributed by atoms with Crippen LogP contribution in [0.4, 0.5) is 0 Å². The van der Waals surface area contributed by atoms with E-state index < -0.39 is 0 Å². The van der Waals surface area contributed by atoms with Crippen LogP contribution in [0.1, 0.15) is 6.92 Å². The Hall–Kier alpha value is -0.990. The summed E-state index contributed by atoms with van der Waals surface area (Å²) < 4.78 is 0. The van der Waals surface area contributed by atoms with Crippen molar-refractivity contribution in [1.82, 2.24) is 0 Å². The molecule has 0 unspecified atom stereocenters. The lowest BCUT2D eigenvalue weighted by Gasteiger charge is -1.86. The summed E-state index contributed by atoms with van der Waals surface area (Å²) in [7, 11) is 0. The third-order valence-corrected chi connectivity index (χ3v) is 0.320. The van der Waals surface area contributed by atoms with Gasteiger partial charge in [0.05, 0.1) is 5.84 Å². The van der Waals surface area contributed by atoms with E-state index in [0.29, 0.717) is 5.84 Å². The van der Waals surface area contributed by atoms with Crippen LogP contribution in [0.2, 0.25) is 0 Å². The number of hydrogen-bond donors (Lipinski definition) is 2. The highest BCUT2D eigenvalue weighted by atomic mass is 14.9. The molecule has 0 radical (unpaired) electrons. The summed E-state index contributed by atoms with van der Waals surface area (Å²) >= 11 is 0. The van der Waals surface area contributed by atoms with Crippen LogP contribution in [-0.4, -0.2) is 5.84 Å². The van der Waals surface area contributed by atoms with Gasteiger partial charge in [-0.05, 0) is 6.92 Å². The fourth-order valence-electron chi connectivity index (χ4n) is 0.227. The van der Waals surface area contributed by atoms with Gasteiger partial charge in [0.2, 0.25) is 0 Å². The molecule has 0 rings (SSSR count). The second-order valence-corrected chi connectivity index (χ2v) is 1.24. The standard InChI is InChI=1S/C4H9N3/c1-3(5)7-4(2)6/h1,5H2,2H3,(H2,6,7). The zero-order chi connectivity index (χ0) is 5.86. The second kappa shape index (κ2) is 2.23. The summed E-state index contributed by atoms with van der Waals surface area (Å²) in [4.78, 5) is 3.56. The van der Waals surface area contributed by atoms with E-state index in [1.807, 2.05) is 0 Å². The smallest absolute Gasteiger partial charge is 0.118 e. The summed E-state index contributed by atoms with van der Waals surface area (Å²) in [5, 5.41) is 0. The van der Waals surface area contributed by atoms with Gasteiger partial charge in [0.15, 0.2) is 0 Å². The number of hydrogen-bond acceptors (Lipinski definition) is 2. The van der Waals surface area contributed by atoms with Gasteiger partial charge in [0.1, 0.15) is 5.82 Å². The topological polar surface area (TPSA) is 64.4 Å². The van der Waals surface area contributed by atoms with Crippen LogP contribution in [0.15, 0.2) is 17.4 Å². The Labute approximate surface area is 42.7 Å². The Kier molecular flexibility index (Phi) is 1.91. The fourth-order valence-corrected chi connectivity index (χ4v) is 0.227. The van der Waals surface area contributed by atoms with E-state index in [1.165, 1.54) is 0 Å². The Morgan fingerprint density at radius 2 is 2.00 bits per heavy atom. The minimum Gasteiger partial charge on any atom is -0.387 e. The van der Waals surface area contributed by atoms with Gasteiger partial charge in [-0.3, -0.25) is 0 Å². The molecule has 0 aliphatic heterocycles. The molecule has 0 aromatic rings. The molecular formula is C4H9N3. The SMILES string of the molecule is C=C(N)N=C(C)N. The molecule has 7 heavy (non-hydrogen) atoms. The van der Waals surface area contributed by atoms with Gasteiger partial charge in [-0.2, -0.15) is 0 Å². The lowest BCUT2D eigenvalue weighted by molar-refractivity contribution is 1.24. The highest BCUT2D eigenvalue weighted by Gasteiger charge is 1.75. The molecule has 0 spiro atoms. The number of nitrogens with zero attached hydrogens (tertiary/aromatic N) is 1. The number of rotatable bonds is 1. The maximum Gasteiger partial charge on any atom is 0.118 e. The minimum atomic E-state index is 0.250. The summed E-state index contributed by atoms with van der Waals surface area (Å²) in [6.45, 7) is 4.96. The molecule has 0 amide bonds. The average Bonchev–Trinajstić information content (AvgIpc) is 1.27. The van der Waals surface area contributed by atoms with Crippen LogP contribution < -0.4 is 11.5 Å². The normalized spacial score (nSPS) is 11.3. The second-order valence-electron chi connectivity index (χ2n) is 1.24. The molecular weight excluding hydrogens is 90.1 g/mol. The first kappa shape index (κ1) is 6.01. The van der Waals surface area contributed by atoms with Gasteiger partial charge in [0, 0.05) is 0 Å². The monoisotopic (exact) mass is 99.1 g/mol. The highest BCUT2D eigenvalue weighted by molar-refractivity contribution is 5.78. The van der Waals surface area contributed by atoms with Crippen LogP contribution in [0.3, 0.4) is 0 Å². The zero-order valence-electron chi connectivity index (χ0n) is 4.31. The van der Waals surface area contributed by atoms with E-state index in [4.69, 9.17) is 11.5 Å². The lowest BCUT2D eigenvalue weighted by atomic mass is 10.7. The van der Waals surface area contributed by atoms with Crippen molar-refractivity contribution in [1.29, 1.82) is 0 Å². The van der Waals surface area contributed by atoms with E-state index in [-0.39, 0.29) is 5.82 Å². The van der Waals surface area contributed by atoms with Crippen molar-refractivity contribution in [3.05, 3.63) is 12.4 Å². The van der Waals surface area contributed by atoms with E-state index in [9.17, 15) is 0 Å². The molecule has 3 nitrogen and oxygen atoms in total. The van der Waals surface area contributed by atoms with E-state index in [2.05, 4.69) is 11.6 Å². The summed E-state index contributed by atoms with van der Waals surface area (Å²) in [6, 6.07) is 0. The van der Waals surface area contributed by atoms with Gasteiger partial charge in [0.25, 0.3) is 0 Å². The molecule has 0 atom stereocenters. The number of amidine groups is 1. The van der Waals surface area contributed by atoms with Crippen LogP contribution in [0.25, 0.3) is 0 Å². The summed E-state index contributed by atoms with van der Waals surface area (Å²) in [6.07, 6.45) is 0. The number of nitrogens with two attached hydrogens (primary N) is 2. The van der Waals surface area contributed by atoms with Crippen molar-refractivity contribution in [2.45, 2.75) is 6.92 Å². The predicted octanol–water partition coefficient (Wildman–Crippen LogP) is -0.207. The van der Waals surface area contributed by atoms with Crippen molar-refractivity contribution < 1.29 is 0 Å². The van der Waals surface area contributed by atoms with E-state index >= 15 is 0 Å². The molecule has 0 aromatic carbocycles. The quantitative estimate of drug-likeness (QED) is 0.353. The first-order valence-corrected chi connectivity index (χ1v) is 1.88. The van der Waals surface area contributed by atoms with Gasteiger partial charge in [-0.1, -0.05) is 6.58 Å². The lowest BCUT2D eigenvalue weighted by Crippen LogP contribution is -2.07. The van der Waals surface area contributed by atoms with Crippen LogP contribution in [0, 0.1) is 0 Å². The fraction of sp³-hybridized carbons (Fsp3) is 0.250. The van der Waals surface area contributed by atoms with Crippen molar-refractivity contribution in [3.8, 4) is 0 Å². The van der Waals surface area contributed by atoms with Crippen molar-refractivity contribution in [3.63, 3.8) is 0 Å². The molecule has 0 aliphatic carbocycles. The summed E-state index contributed by atoms with van der Waals surface area (Å²) in [5.74, 6) is 0.688. The average molecular weight is 99.1 g/mol. The molecule has 0 heterocycles. The van der Waals surface area contributed by atoms with Crippen LogP contribution in [0.5, 0.6) is 0 Å². The molecule has 0 saturated heterocycles. The predicted molar refractivity (Wildman–Crippen MR) is 30.6 cm³/mol. The first-order valence-electron chi connectivity index (χ1n) is 1.88. The molecule has 0 bridgehead atoms. The molecule has 0 aromatic heterocycles. The Morgan fingerprint density at radius 3 is 2.00 bits per heavy atom. The van der Waals surface area contributed by atoms with E-state index in [1.54, 1.807) is 6.92 Å². The Morgan fingerprint density at radius 1 is 1.57 bits per heavy atom. The van der Waals surface area contributed by atoms with Crippen molar-refractivity contribution >= 4 is 5.84 Å². The van der Waals surface area contributed by atoms with Crippen LogP contribution in [-0.2, 0) is 0 Å². The minimum absolute atomic E-state index is 0.250. The molecule has 0 saturated carbocycles. The molecule has 4 N–H and O–H groups in total. The highest BCUT2D eigenvalue weighted by Crippen LogP contribution is 1.75. The van der Waals surface area contributed by atoms with E-state index in [0.717, 1.165) is 0 Å². The molecule has 3 heteroatoms.